The first-order valence-electron chi connectivity index (χ1n) is 16.9. The van der Waals surface area contributed by atoms with E-state index in [1.165, 1.54) is 65.7 Å². The Bertz CT molecular complexity index is 2520. The molecule has 9 rings (SSSR count). The van der Waals surface area contributed by atoms with Crippen molar-refractivity contribution in [3.63, 3.8) is 0 Å². The Morgan fingerprint density at radius 1 is 0.265 bits per heavy atom. The van der Waals surface area contributed by atoms with Crippen molar-refractivity contribution in [1.29, 1.82) is 0 Å². The van der Waals surface area contributed by atoms with Crippen molar-refractivity contribution in [2.45, 2.75) is 0 Å². The zero-order chi connectivity index (χ0) is 32.6. The third-order valence-electron chi connectivity index (χ3n) is 9.61. The van der Waals surface area contributed by atoms with Gasteiger partial charge in [-0.2, -0.15) is 0 Å². The predicted octanol–water partition coefficient (Wildman–Crippen LogP) is 13.6. The number of anilines is 3. The molecule has 0 N–H and O–H groups in total. The Balaban J connectivity index is 1.46. The number of benzene rings is 9. The van der Waals surface area contributed by atoms with Crippen LogP contribution < -0.4 is 4.90 Å². The van der Waals surface area contributed by atoms with E-state index in [1.54, 1.807) is 0 Å². The Hall–Kier alpha value is -6.44. The van der Waals surface area contributed by atoms with Gasteiger partial charge in [0.1, 0.15) is 0 Å². The summed E-state index contributed by atoms with van der Waals surface area (Å²) in [7, 11) is 0. The maximum atomic E-state index is 2.43. The number of hydrogen-bond donors (Lipinski definition) is 0. The first-order chi connectivity index (χ1) is 24.3. The van der Waals surface area contributed by atoms with Crippen molar-refractivity contribution < 1.29 is 0 Å². The topological polar surface area (TPSA) is 3.24 Å². The van der Waals surface area contributed by atoms with Gasteiger partial charge in [0.15, 0.2) is 0 Å². The van der Waals surface area contributed by atoms with Crippen molar-refractivity contribution >= 4 is 49.4 Å². The molecule has 0 aliphatic carbocycles. The summed E-state index contributed by atoms with van der Waals surface area (Å²) in [5.74, 6) is 0. The molecule has 0 saturated carbocycles. The average Bonchev–Trinajstić information content (AvgIpc) is 3.19. The Kier molecular flexibility index (Phi) is 7.22. The molecule has 0 aromatic heterocycles. The summed E-state index contributed by atoms with van der Waals surface area (Å²) in [6.45, 7) is 0. The van der Waals surface area contributed by atoms with Crippen LogP contribution in [0.25, 0.3) is 65.7 Å². The van der Waals surface area contributed by atoms with E-state index in [1.807, 2.05) is 0 Å². The first kappa shape index (κ1) is 28.8. The Morgan fingerprint density at radius 2 is 0.714 bits per heavy atom. The van der Waals surface area contributed by atoms with Gasteiger partial charge in [0.25, 0.3) is 0 Å². The highest BCUT2D eigenvalue weighted by atomic mass is 15.1. The van der Waals surface area contributed by atoms with E-state index in [0.717, 1.165) is 17.1 Å². The smallest absolute Gasteiger partial charge is 0.0468 e. The van der Waals surface area contributed by atoms with Gasteiger partial charge in [-0.05, 0) is 108 Å². The summed E-state index contributed by atoms with van der Waals surface area (Å²) in [5.41, 5.74) is 10.7. The molecule has 9 aromatic carbocycles. The normalized spacial score (nSPS) is 11.3. The molecule has 49 heavy (non-hydrogen) atoms. The molecule has 230 valence electrons. The van der Waals surface area contributed by atoms with E-state index in [-0.39, 0.29) is 0 Å². The van der Waals surface area contributed by atoms with E-state index >= 15 is 0 Å². The predicted molar refractivity (Wildman–Crippen MR) is 210 cm³/mol. The monoisotopic (exact) mass is 623 g/mol. The molecule has 9 aromatic rings. The van der Waals surface area contributed by atoms with Gasteiger partial charge in [-0.15, -0.1) is 0 Å². The molecule has 0 fully saturated rings. The lowest BCUT2D eigenvalue weighted by Gasteiger charge is -2.27. The van der Waals surface area contributed by atoms with Crippen molar-refractivity contribution in [2.24, 2.45) is 0 Å². The zero-order valence-corrected chi connectivity index (χ0v) is 27.0. The summed E-state index contributed by atoms with van der Waals surface area (Å²) in [6, 6.07) is 72.4. The lowest BCUT2D eigenvalue weighted by molar-refractivity contribution is 1.29. The van der Waals surface area contributed by atoms with E-state index in [9.17, 15) is 0 Å². The lowest BCUT2D eigenvalue weighted by Crippen LogP contribution is -2.09. The van der Waals surface area contributed by atoms with Crippen LogP contribution in [0.15, 0.2) is 200 Å². The van der Waals surface area contributed by atoms with Gasteiger partial charge < -0.3 is 4.90 Å². The number of hydrogen-bond acceptors (Lipinski definition) is 1. The molecule has 0 aliphatic rings. The highest BCUT2D eigenvalue weighted by Gasteiger charge is 2.22. The highest BCUT2D eigenvalue weighted by molar-refractivity contribution is 6.33. The largest absolute Gasteiger partial charge is 0.310 e. The van der Waals surface area contributed by atoms with Crippen LogP contribution in [-0.4, -0.2) is 0 Å². The van der Waals surface area contributed by atoms with Crippen molar-refractivity contribution in [1.82, 2.24) is 0 Å². The molecule has 0 unspecified atom stereocenters. The van der Waals surface area contributed by atoms with E-state index in [2.05, 4.69) is 205 Å². The van der Waals surface area contributed by atoms with Crippen LogP contribution in [0.4, 0.5) is 17.1 Å². The van der Waals surface area contributed by atoms with Crippen LogP contribution in [0.1, 0.15) is 0 Å². The van der Waals surface area contributed by atoms with Crippen LogP contribution in [-0.2, 0) is 0 Å². The molecule has 1 heteroatoms. The van der Waals surface area contributed by atoms with E-state index in [4.69, 9.17) is 0 Å². The minimum absolute atomic E-state index is 1.12. The van der Waals surface area contributed by atoms with E-state index < -0.39 is 0 Å². The van der Waals surface area contributed by atoms with E-state index in [0.29, 0.717) is 0 Å². The zero-order valence-electron chi connectivity index (χ0n) is 27.0. The van der Waals surface area contributed by atoms with Gasteiger partial charge in [0, 0.05) is 17.1 Å². The first-order valence-corrected chi connectivity index (χ1v) is 16.9. The quantitative estimate of drug-likeness (QED) is 0.167. The molecule has 1 nitrogen and oxygen atoms in total. The van der Waals surface area contributed by atoms with Crippen molar-refractivity contribution in [3.05, 3.63) is 200 Å². The average molecular weight is 624 g/mol. The number of rotatable bonds is 6. The molecule has 0 spiro atoms. The highest BCUT2D eigenvalue weighted by Crippen LogP contribution is 2.50. The fourth-order valence-corrected chi connectivity index (χ4v) is 7.48. The Morgan fingerprint density at radius 3 is 1.29 bits per heavy atom. The fourth-order valence-electron chi connectivity index (χ4n) is 7.48. The third-order valence-corrected chi connectivity index (χ3v) is 9.61. The molecule has 0 amide bonds. The molecule has 0 atom stereocenters. The van der Waals surface area contributed by atoms with Gasteiger partial charge in [-0.3, -0.25) is 0 Å². The third kappa shape index (κ3) is 5.04. The second kappa shape index (κ2) is 12.3. The number of nitrogens with zero attached hydrogens (tertiary/aromatic N) is 1. The summed E-state index contributed by atoms with van der Waals surface area (Å²) in [5, 5.41) is 7.53. The van der Waals surface area contributed by atoms with Crippen molar-refractivity contribution in [3.8, 4) is 33.4 Å². The molecule has 0 saturated heterocycles. The van der Waals surface area contributed by atoms with Crippen LogP contribution >= 0.6 is 0 Å². The number of para-hydroxylation sites is 2. The minimum atomic E-state index is 1.12. The van der Waals surface area contributed by atoms with Crippen molar-refractivity contribution in [2.75, 3.05) is 4.90 Å². The van der Waals surface area contributed by atoms with Crippen LogP contribution in [0, 0.1) is 0 Å². The number of fused-ring (bicyclic) bond motifs is 6. The molecular formula is C48H33N. The molecule has 0 aliphatic heterocycles. The summed E-state index contributed by atoms with van der Waals surface area (Å²) < 4.78 is 0. The standard InChI is InChI=1S/C48H33N/c1-6-18-34(19-7-1)43-33-44(35-20-8-2-9-21-35)47-42-31-30-39(49(37-24-12-4-13-25-37)38-26-14-5-15-27-38)32-45(42)40-28-16-17-29-41(40)48(47)46(43)36-22-10-3-11-23-36/h1-33H. The second-order valence-corrected chi connectivity index (χ2v) is 12.5. The fraction of sp³-hybridized carbons (Fsp3) is 0. The maximum Gasteiger partial charge on any atom is 0.0468 e. The molecular weight excluding hydrogens is 591 g/mol. The summed E-state index contributed by atoms with van der Waals surface area (Å²) in [4.78, 5) is 2.35. The van der Waals surface area contributed by atoms with Gasteiger partial charge in [-0.1, -0.05) is 158 Å². The minimum Gasteiger partial charge on any atom is -0.310 e. The van der Waals surface area contributed by atoms with Crippen LogP contribution in [0.5, 0.6) is 0 Å². The second-order valence-electron chi connectivity index (χ2n) is 12.5. The SMILES string of the molecule is c1ccc(-c2cc(-c3ccccc3)c3c4ccc(N(c5ccccc5)c5ccccc5)cc4c4ccccc4c3c2-c2ccccc2)cc1. The van der Waals surface area contributed by atoms with Crippen LogP contribution in [0.3, 0.4) is 0 Å². The lowest BCUT2D eigenvalue weighted by atomic mass is 9.81. The Labute approximate surface area is 287 Å². The summed E-state index contributed by atoms with van der Waals surface area (Å²) >= 11 is 0. The molecule has 0 radical (unpaired) electrons. The van der Waals surface area contributed by atoms with Crippen LogP contribution in [0.2, 0.25) is 0 Å². The van der Waals surface area contributed by atoms with Gasteiger partial charge in [-0.25, -0.2) is 0 Å². The van der Waals surface area contributed by atoms with Gasteiger partial charge in [0.2, 0.25) is 0 Å². The summed E-state index contributed by atoms with van der Waals surface area (Å²) in [6.07, 6.45) is 0. The molecule has 0 heterocycles. The maximum absolute atomic E-state index is 2.43. The van der Waals surface area contributed by atoms with Gasteiger partial charge in [0.05, 0.1) is 0 Å². The molecule has 0 bridgehead atoms. The van der Waals surface area contributed by atoms with Gasteiger partial charge >= 0.3 is 0 Å².